The molecule has 2 aliphatic rings. The highest BCUT2D eigenvalue weighted by atomic mass is 35.5. The van der Waals surface area contributed by atoms with Gasteiger partial charge < -0.3 is 14.2 Å². The lowest BCUT2D eigenvalue weighted by atomic mass is 10.00. The second-order valence-corrected chi connectivity index (χ2v) is 7.64. The van der Waals surface area contributed by atoms with Crippen LogP contribution in [-0.2, 0) is 10.9 Å². The van der Waals surface area contributed by atoms with Gasteiger partial charge in [0, 0.05) is 29.7 Å². The van der Waals surface area contributed by atoms with Crippen molar-refractivity contribution in [1.82, 2.24) is 9.47 Å². The maximum absolute atomic E-state index is 14.0. The zero-order valence-corrected chi connectivity index (χ0v) is 16.1. The Balaban J connectivity index is 1.95. The van der Waals surface area contributed by atoms with E-state index in [0.29, 0.717) is 55.3 Å². The first kappa shape index (κ1) is 19.3. The second-order valence-electron chi connectivity index (χ2n) is 7.21. The van der Waals surface area contributed by atoms with Crippen LogP contribution in [0, 0.1) is 6.92 Å². The van der Waals surface area contributed by atoms with Crippen LogP contribution < -0.4 is 0 Å². The summed E-state index contributed by atoms with van der Waals surface area (Å²) in [6, 6.07) is 6.29. The van der Waals surface area contributed by atoms with Gasteiger partial charge in [-0.05, 0) is 43.0 Å². The molecule has 0 unspecified atom stereocenters. The fourth-order valence-electron chi connectivity index (χ4n) is 3.85. The lowest BCUT2D eigenvalue weighted by Gasteiger charge is -2.28. The summed E-state index contributed by atoms with van der Waals surface area (Å²) in [4.78, 5) is 14.9. The average molecular weight is 413 g/mol. The Labute approximate surface area is 165 Å². The van der Waals surface area contributed by atoms with Crippen molar-refractivity contribution in [1.29, 1.82) is 0 Å². The van der Waals surface area contributed by atoms with Crippen LogP contribution in [0.5, 0.6) is 0 Å². The largest absolute Gasteiger partial charge is 0.431 e. The number of carbonyl (C=O) groups excluding carboxylic acids is 1. The van der Waals surface area contributed by atoms with E-state index in [9.17, 15) is 18.0 Å². The van der Waals surface area contributed by atoms with Crippen LogP contribution in [0.3, 0.4) is 0 Å². The van der Waals surface area contributed by atoms with Crippen LogP contribution in [-0.4, -0.2) is 41.7 Å². The van der Waals surface area contributed by atoms with E-state index >= 15 is 0 Å². The summed E-state index contributed by atoms with van der Waals surface area (Å²) >= 11 is 5.96. The molecule has 1 aromatic heterocycles. The number of amides is 1. The molecule has 1 amide bonds. The number of nitrogens with zero attached hydrogens (tertiary/aromatic N) is 2. The van der Waals surface area contributed by atoms with E-state index in [1.807, 2.05) is 0 Å². The highest BCUT2D eigenvalue weighted by Crippen LogP contribution is 2.48. The SMILES string of the molecule is Cc1c(-c2ccc(Cl)cc2)c(C(=O)N2CCOCC2)n(C2CC2)c1C(F)(F)F. The van der Waals surface area contributed by atoms with E-state index in [1.54, 1.807) is 29.2 Å². The van der Waals surface area contributed by atoms with Crippen LogP contribution in [0.1, 0.15) is 40.6 Å². The number of morpholine rings is 1. The molecular weight excluding hydrogens is 393 g/mol. The fraction of sp³-hybridized carbons (Fsp3) is 0.450. The lowest BCUT2D eigenvalue weighted by Crippen LogP contribution is -2.41. The number of benzene rings is 1. The molecule has 2 fully saturated rings. The minimum atomic E-state index is -4.54. The Bertz CT molecular complexity index is 896. The molecule has 0 bridgehead atoms. The van der Waals surface area contributed by atoms with Crippen LogP contribution in [0.2, 0.25) is 5.02 Å². The number of rotatable bonds is 3. The van der Waals surface area contributed by atoms with E-state index in [-0.39, 0.29) is 23.2 Å². The zero-order chi connectivity index (χ0) is 20.1. The molecule has 4 rings (SSSR count). The summed E-state index contributed by atoms with van der Waals surface area (Å²) in [5, 5.41) is 0.486. The van der Waals surface area contributed by atoms with Gasteiger partial charge in [-0.25, -0.2) is 0 Å². The van der Waals surface area contributed by atoms with Crippen molar-refractivity contribution in [2.24, 2.45) is 0 Å². The lowest BCUT2D eigenvalue weighted by molar-refractivity contribution is -0.144. The Morgan fingerprint density at radius 2 is 1.75 bits per heavy atom. The molecule has 1 aromatic carbocycles. The first-order valence-electron chi connectivity index (χ1n) is 9.24. The Hall–Kier alpha value is -1.99. The van der Waals surface area contributed by atoms with Crippen molar-refractivity contribution < 1.29 is 22.7 Å². The van der Waals surface area contributed by atoms with Crippen molar-refractivity contribution in [2.45, 2.75) is 32.0 Å². The first-order chi connectivity index (χ1) is 13.3. The third-order valence-electron chi connectivity index (χ3n) is 5.26. The number of carbonyl (C=O) groups is 1. The minimum Gasteiger partial charge on any atom is -0.378 e. The molecule has 2 aromatic rings. The van der Waals surface area contributed by atoms with Crippen molar-refractivity contribution in [3.8, 4) is 11.1 Å². The van der Waals surface area contributed by atoms with Gasteiger partial charge >= 0.3 is 6.18 Å². The van der Waals surface area contributed by atoms with E-state index in [0.717, 1.165) is 0 Å². The molecule has 0 radical (unpaired) electrons. The molecule has 0 atom stereocenters. The van der Waals surface area contributed by atoms with Crippen molar-refractivity contribution in [3.05, 3.63) is 46.2 Å². The highest BCUT2D eigenvalue weighted by molar-refractivity contribution is 6.30. The normalized spacial score (nSPS) is 17.8. The fourth-order valence-corrected chi connectivity index (χ4v) is 3.98. The van der Waals surface area contributed by atoms with Crippen LogP contribution in [0.15, 0.2) is 24.3 Å². The van der Waals surface area contributed by atoms with Crippen LogP contribution in [0.4, 0.5) is 13.2 Å². The number of ether oxygens (including phenoxy) is 1. The molecule has 0 spiro atoms. The number of hydrogen-bond acceptors (Lipinski definition) is 2. The van der Waals surface area contributed by atoms with Gasteiger partial charge in [-0.3, -0.25) is 4.79 Å². The standard InChI is InChI=1S/C20H20ClF3N2O2/c1-12-16(13-2-4-14(21)5-3-13)17(19(27)25-8-10-28-11-9-25)26(15-6-7-15)18(12)20(22,23)24/h2-5,15H,6-11H2,1H3. The molecule has 150 valence electrons. The zero-order valence-electron chi connectivity index (χ0n) is 15.4. The smallest absolute Gasteiger partial charge is 0.378 e. The molecule has 1 saturated heterocycles. The number of alkyl halides is 3. The molecule has 0 N–H and O–H groups in total. The van der Waals surface area contributed by atoms with Gasteiger partial charge in [0.2, 0.25) is 0 Å². The summed E-state index contributed by atoms with van der Waals surface area (Å²) in [6.07, 6.45) is -3.27. The van der Waals surface area contributed by atoms with E-state index < -0.39 is 11.9 Å². The van der Waals surface area contributed by atoms with Gasteiger partial charge in [0.15, 0.2) is 0 Å². The van der Waals surface area contributed by atoms with Gasteiger partial charge in [0.1, 0.15) is 11.4 Å². The molecule has 4 nitrogen and oxygen atoms in total. The minimum absolute atomic E-state index is 0.0818. The van der Waals surface area contributed by atoms with Crippen molar-refractivity contribution in [2.75, 3.05) is 26.3 Å². The van der Waals surface area contributed by atoms with Crippen molar-refractivity contribution >= 4 is 17.5 Å². The van der Waals surface area contributed by atoms with E-state index in [1.165, 1.54) is 11.5 Å². The van der Waals surface area contributed by atoms with Crippen molar-refractivity contribution in [3.63, 3.8) is 0 Å². The molecule has 1 aliphatic heterocycles. The molecular formula is C20H20ClF3N2O2. The van der Waals surface area contributed by atoms with Gasteiger partial charge in [-0.15, -0.1) is 0 Å². The van der Waals surface area contributed by atoms with Gasteiger partial charge in [0.05, 0.1) is 13.2 Å². The third-order valence-corrected chi connectivity index (χ3v) is 5.52. The van der Waals surface area contributed by atoms with E-state index in [2.05, 4.69) is 0 Å². The van der Waals surface area contributed by atoms with Gasteiger partial charge in [-0.1, -0.05) is 23.7 Å². The summed E-state index contributed by atoms with van der Waals surface area (Å²) in [6.45, 7) is 2.96. The summed E-state index contributed by atoms with van der Waals surface area (Å²) in [7, 11) is 0. The quantitative estimate of drug-likeness (QED) is 0.715. The first-order valence-corrected chi connectivity index (χ1v) is 9.61. The maximum Gasteiger partial charge on any atom is 0.431 e. The highest BCUT2D eigenvalue weighted by Gasteiger charge is 2.45. The van der Waals surface area contributed by atoms with Crippen LogP contribution >= 0.6 is 11.6 Å². The van der Waals surface area contributed by atoms with Gasteiger partial charge in [0.25, 0.3) is 5.91 Å². The number of hydrogen-bond donors (Lipinski definition) is 0. The molecule has 8 heteroatoms. The third kappa shape index (κ3) is 3.42. The topological polar surface area (TPSA) is 34.5 Å². The Morgan fingerprint density at radius 3 is 2.29 bits per heavy atom. The van der Waals surface area contributed by atoms with E-state index in [4.69, 9.17) is 16.3 Å². The second kappa shape index (κ2) is 7.12. The molecule has 1 aliphatic carbocycles. The molecule has 2 heterocycles. The maximum atomic E-state index is 14.0. The number of aromatic nitrogens is 1. The summed E-state index contributed by atoms with van der Waals surface area (Å²) < 4.78 is 48.5. The van der Waals surface area contributed by atoms with Crippen LogP contribution in [0.25, 0.3) is 11.1 Å². The predicted octanol–water partition coefficient (Wildman–Crippen LogP) is 4.94. The Kier molecular flexibility index (Phi) is 4.91. The molecule has 1 saturated carbocycles. The summed E-state index contributed by atoms with van der Waals surface area (Å²) in [5.74, 6) is -0.376. The monoisotopic (exact) mass is 412 g/mol. The predicted molar refractivity (Wildman–Crippen MR) is 99.6 cm³/mol. The van der Waals surface area contributed by atoms with Gasteiger partial charge in [-0.2, -0.15) is 13.2 Å². The summed E-state index contributed by atoms with van der Waals surface area (Å²) in [5.41, 5.74) is 0.377. The molecule has 28 heavy (non-hydrogen) atoms. The number of halogens is 4. The average Bonchev–Trinajstić information content (AvgIpc) is 3.45. The Morgan fingerprint density at radius 1 is 1.14 bits per heavy atom.